The van der Waals surface area contributed by atoms with Crippen LogP contribution in [0, 0.1) is 10.1 Å². The lowest BCUT2D eigenvalue weighted by atomic mass is 10.2. The van der Waals surface area contributed by atoms with Crippen molar-refractivity contribution in [2.75, 3.05) is 0 Å². The molecule has 2 rings (SSSR count). The molecule has 7 heteroatoms. The Morgan fingerprint density at radius 2 is 2.00 bits per heavy atom. The number of rotatable bonds is 4. The van der Waals surface area contributed by atoms with Crippen LogP contribution in [0.25, 0.3) is 0 Å². The number of hydrogen-bond acceptors (Lipinski definition) is 4. The fourth-order valence-corrected chi connectivity index (χ4v) is 2.78. The Morgan fingerprint density at radius 3 is 2.60 bits per heavy atom. The van der Waals surface area contributed by atoms with Gasteiger partial charge in [-0.05, 0) is 24.3 Å². The van der Waals surface area contributed by atoms with Crippen molar-refractivity contribution >= 4 is 35.0 Å². The molecule has 0 unspecified atom stereocenters. The van der Waals surface area contributed by atoms with Gasteiger partial charge < -0.3 is 5.11 Å². The molecule has 2 aromatic rings. The van der Waals surface area contributed by atoms with E-state index in [1.165, 1.54) is 23.9 Å². The predicted octanol–water partition coefficient (Wildman–Crippen LogP) is 4.10. The summed E-state index contributed by atoms with van der Waals surface area (Å²) in [5.74, 6) is -1.21. The van der Waals surface area contributed by atoms with Gasteiger partial charge in [-0.2, -0.15) is 0 Å². The van der Waals surface area contributed by atoms with Crippen LogP contribution in [-0.4, -0.2) is 16.0 Å². The van der Waals surface area contributed by atoms with Crippen LogP contribution in [0.4, 0.5) is 5.69 Å². The number of hydrogen-bond donors (Lipinski definition) is 1. The summed E-state index contributed by atoms with van der Waals surface area (Å²) in [7, 11) is 0. The molecule has 0 radical (unpaired) electrons. The van der Waals surface area contributed by atoms with Crippen LogP contribution in [0.3, 0.4) is 0 Å². The summed E-state index contributed by atoms with van der Waals surface area (Å²) < 4.78 is 0. The van der Waals surface area contributed by atoms with Crippen molar-refractivity contribution in [3.8, 4) is 0 Å². The highest BCUT2D eigenvalue weighted by atomic mass is 35.5. The molecular formula is C13H8ClNO4S. The molecule has 0 atom stereocenters. The Morgan fingerprint density at radius 1 is 1.25 bits per heavy atom. The first-order valence-electron chi connectivity index (χ1n) is 5.42. The SMILES string of the molecule is O=C(O)c1cc([N+](=O)[O-])ccc1Sc1cccc(Cl)c1. The molecule has 5 nitrogen and oxygen atoms in total. The summed E-state index contributed by atoms with van der Waals surface area (Å²) in [4.78, 5) is 22.4. The molecule has 0 bridgehead atoms. The highest BCUT2D eigenvalue weighted by Crippen LogP contribution is 2.33. The molecule has 20 heavy (non-hydrogen) atoms. The smallest absolute Gasteiger partial charge is 0.337 e. The quantitative estimate of drug-likeness (QED) is 0.679. The van der Waals surface area contributed by atoms with E-state index in [1.54, 1.807) is 24.3 Å². The number of non-ortho nitro benzene ring substituents is 1. The van der Waals surface area contributed by atoms with E-state index in [4.69, 9.17) is 16.7 Å². The number of nitro groups is 1. The Kier molecular flexibility index (Phi) is 4.26. The van der Waals surface area contributed by atoms with Gasteiger partial charge in [0.25, 0.3) is 5.69 Å². The first-order chi connectivity index (χ1) is 9.47. The van der Waals surface area contributed by atoms with Crippen molar-refractivity contribution in [3.05, 3.63) is 63.2 Å². The van der Waals surface area contributed by atoms with Gasteiger partial charge in [0, 0.05) is 26.9 Å². The van der Waals surface area contributed by atoms with Gasteiger partial charge in [0.2, 0.25) is 0 Å². The Balaban J connectivity index is 2.41. The van der Waals surface area contributed by atoms with E-state index in [-0.39, 0.29) is 11.3 Å². The molecular weight excluding hydrogens is 302 g/mol. The third-order valence-electron chi connectivity index (χ3n) is 2.43. The van der Waals surface area contributed by atoms with Gasteiger partial charge in [-0.15, -0.1) is 0 Å². The van der Waals surface area contributed by atoms with E-state index in [0.717, 1.165) is 11.0 Å². The van der Waals surface area contributed by atoms with Crippen LogP contribution in [0.15, 0.2) is 52.3 Å². The molecule has 0 heterocycles. The summed E-state index contributed by atoms with van der Waals surface area (Å²) in [5, 5.41) is 20.4. The van der Waals surface area contributed by atoms with Gasteiger partial charge in [0.1, 0.15) is 0 Å². The second-order valence-corrected chi connectivity index (χ2v) is 5.35. The molecule has 0 amide bonds. The molecule has 0 fully saturated rings. The largest absolute Gasteiger partial charge is 0.478 e. The number of benzene rings is 2. The van der Waals surface area contributed by atoms with Crippen LogP contribution in [0.1, 0.15) is 10.4 Å². The summed E-state index contributed by atoms with van der Waals surface area (Å²) in [5.41, 5.74) is -0.359. The first-order valence-corrected chi connectivity index (χ1v) is 6.62. The van der Waals surface area contributed by atoms with Crippen molar-refractivity contribution < 1.29 is 14.8 Å². The number of halogens is 1. The van der Waals surface area contributed by atoms with Crippen LogP contribution in [0.5, 0.6) is 0 Å². The molecule has 1 N–H and O–H groups in total. The highest BCUT2D eigenvalue weighted by molar-refractivity contribution is 7.99. The highest BCUT2D eigenvalue weighted by Gasteiger charge is 2.16. The fraction of sp³-hybridized carbons (Fsp3) is 0. The zero-order chi connectivity index (χ0) is 14.7. The summed E-state index contributed by atoms with van der Waals surface area (Å²) in [6, 6.07) is 10.7. The third kappa shape index (κ3) is 3.28. The van der Waals surface area contributed by atoms with Gasteiger partial charge in [-0.25, -0.2) is 4.79 Å². The maximum Gasteiger partial charge on any atom is 0.337 e. The van der Waals surface area contributed by atoms with Crippen molar-refractivity contribution in [1.82, 2.24) is 0 Å². The molecule has 0 aromatic heterocycles. The third-order valence-corrected chi connectivity index (χ3v) is 3.73. The number of carboxylic acid groups (broad SMARTS) is 1. The maximum atomic E-state index is 11.2. The average molecular weight is 310 g/mol. The van der Waals surface area contributed by atoms with Gasteiger partial charge in [0.15, 0.2) is 0 Å². The summed E-state index contributed by atoms with van der Waals surface area (Å²) in [6.45, 7) is 0. The second-order valence-electron chi connectivity index (χ2n) is 3.80. The average Bonchev–Trinajstić information content (AvgIpc) is 2.38. The van der Waals surface area contributed by atoms with Crippen LogP contribution in [0.2, 0.25) is 5.02 Å². The second kappa shape index (κ2) is 5.94. The van der Waals surface area contributed by atoms with E-state index in [2.05, 4.69) is 0 Å². The van der Waals surface area contributed by atoms with Gasteiger partial charge in [-0.1, -0.05) is 29.4 Å². The van der Waals surface area contributed by atoms with Crippen LogP contribution in [-0.2, 0) is 0 Å². The topological polar surface area (TPSA) is 80.4 Å². The van der Waals surface area contributed by atoms with Crippen LogP contribution < -0.4 is 0 Å². The number of aromatic carboxylic acids is 1. The first kappa shape index (κ1) is 14.4. The lowest BCUT2D eigenvalue weighted by molar-refractivity contribution is -0.384. The Hall–Kier alpha value is -2.05. The number of nitrogens with zero attached hydrogens (tertiary/aromatic N) is 1. The van der Waals surface area contributed by atoms with Crippen molar-refractivity contribution in [3.63, 3.8) is 0 Å². The molecule has 2 aromatic carbocycles. The van der Waals surface area contributed by atoms with Crippen LogP contribution >= 0.6 is 23.4 Å². The van der Waals surface area contributed by atoms with Gasteiger partial charge in [0.05, 0.1) is 10.5 Å². The predicted molar refractivity (Wildman–Crippen MR) is 75.6 cm³/mol. The van der Waals surface area contributed by atoms with E-state index in [1.807, 2.05) is 0 Å². The zero-order valence-corrected chi connectivity index (χ0v) is 11.5. The molecule has 0 saturated heterocycles. The summed E-state index contributed by atoms with van der Waals surface area (Å²) >= 11 is 7.05. The van der Waals surface area contributed by atoms with E-state index in [9.17, 15) is 14.9 Å². The van der Waals surface area contributed by atoms with Crippen molar-refractivity contribution in [2.45, 2.75) is 9.79 Å². The number of carboxylic acids is 1. The standard InChI is InChI=1S/C13H8ClNO4S/c14-8-2-1-3-10(6-8)20-12-5-4-9(15(18)19)7-11(12)13(16)17/h1-7H,(H,16,17). The fourth-order valence-electron chi connectivity index (χ4n) is 1.55. The number of carbonyl (C=O) groups is 1. The normalized spacial score (nSPS) is 10.2. The lowest BCUT2D eigenvalue weighted by Gasteiger charge is -2.06. The van der Waals surface area contributed by atoms with E-state index < -0.39 is 10.9 Å². The molecule has 0 saturated carbocycles. The molecule has 102 valence electrons. The minimum absolute atomic E-state index is 0.107. The molecule has 0 aliphatic carbocycles. The monoisotopic (exact) mass is 309 g/mol. The van der Waals surface area contributed by atoms with Gasteiger partial charge in [-0.3, -0.25) is 10.1 Å². The lowest BCUT2D eigenvalue weighted by Crippen LogP contribution is -2.00. The summed E-state index contributed by atoms with van der Waals surface area (Å²) in [6.07, 6.45) is 0. The van der Waals surface area contributed by atoms with Crippen molar-refractivity contribution in [2.24, 2.45) is 0 Å². The Bertz CT molecular complexity index is 690. The van der Waals surface area contributed by atoms with E-state index >= 15 is 0 Å². The number of nitro benzene ring substituents is 1. The zero-order valence-electron chi connectivity index (χ0n) is 9.95. The maximum absolute atomic E-state index is 11.2. The van der Waals surface area contributed by atoms with E-state index in [0.29, 0.717) is 9.92 Å². The van der Waals surface area contributed by atoms with Crippen molar-refractivity contribution in [1.29, 1.82) is 0 Å². The molecule has 0 spiro atoms. The van der Waals surface area contributed by atoms with Gasteiger partial charge >= 0.3 is 5.97 Å². The molecule has 0 aliphatic rings. The minimum Gasteiger partial charge on any atom is -0.478 e. The minimum atomic E-state index is -1.21. The molecule has 0 aliphatic heterocycles. The Labute approximate surface area is 123 Å².